The zero-order valence-corrected chi connectivity index (χ0v) is 8.69. The molecule has 0 saturated carbocycles. The van der Waals surface area contributed by atoms with E-state index in [4.69, 9.17) is 15.3 Å². The maximum absolute atomic E-state index is 11.5. The summed E-state index contributed by atoms with van der Waals surface area (Å²) in [5, 5.41) is 11.4. The Labute approximate surface area is 88.3 Å². The fourth-order valence-electron chi connectivity index (χ4n) is 1.17. The van der Waals surface area contributed by atoms with Crippen LogP contribution in [0.25, 0.3) is 0 Å². The minimum absolute atomic E-state index is 0.0493. The first-order valence-corrected chi connectivity index (χ1v) is 4.88. The molecule has 0 aromatic carbocycles. The van der Waals surface area contributed by atoms with Gasteiger partial charge in [-0.15, -0.1) is 0 Å². The van der Waals surface area contributed by atoms with Crippen molar-refractivity contribution in [2.24, 2.45) is 5.73 Å². The molecule has 1 aromatic rings. The van der Waals surface area contributed by atoms with E-state index in [1.165, 1.54) is 0 Å². The van der Waals surface area contributed by atoms with Gasteiger partial charge in [-0.1, -0.05) is 0 Å². The molecule has 0 saturated heterocycles. The Morgan fingerprint density at radius 3 is 2.93 bits per heavy atom. The molecule has 0 aliphatic carbocycles. The van der Waals surface area contributed by atoms with Gasteiger partial charge in [0, 0.05) is 12.6 Å². The van der Waals surface area contributed by atoms with Crippen LogP contribution >= 0.6 is 0 Å². The molecule has 0 fully saturated rings. The van der Waals surface area contributed by atoms with Gasteiger partial charge in [-0.25, -0.2) is 0 Å². The van der Waals surface area contributed by atoms with Gasteiger partial charge in [-0.3, -0.25) is 4.79 Å². The number of nitrogens with two attached hydrogens (primary N) is 1. The smallest absolute Gasteiger partial charge is 0.287 e. The lowest BCUT2D eigenvalue weighted by molar-refractivity contribution is 0.0904. The Balaban J connectivity index is 2.53. The van der Waals surface area contributed by atoms with Gasteiger partial charge in [0.25, 0.3) is 5.91 Å². The molecule has 1 amide bonds. The molecule has 15 heavy (non-hydrogen) atoms. The van der Waals surface area contributed by atoms with E-state index in [9.17, 15) is 4.79 Å². The fourth-order valence-corrected chi connectivity index (χ4v) is 1.17. The van der Waals surface area contributed by atoms with Crippen LogP contribution in [0.1, 0.15) is 29.7 Å². The average molecular weight is 212 g/mol. The second-order valence-electron chi connectivity index (χ2n) is 3.36. The summed E-state index contributed by atoms with van der Waals surface area (Å²) in [5.41, 5.74) is 5.35. The third-order valence-corrected chi connectivity index (χ3v) is 2.03. The van der Waals surface area contributed by atoms with Gasteiger partial charge in [0.05, 0.1) is 6.54 Å². The number of amides is 1. The molecule has 1 rings (SSSR count). The average Bonchev–Trinajstić information content (AvgIpc) is 2.66. The van der Waals surface area contributed by atoms with Crippen LogP contribution in [-0.2, 0) is 6.54 Å². The summed E-state index contributed by atoms with van der Waals surface area (Å²) in [4.78, 5) is 11.5. The lowest BCUT2D eigenvalue weighted by Crippen LogP contribution is -2.32. The van der Waals surface area contributed by atoms with E-state index in [-0.39, 0.29) is 30.9 Å². The van der Waals surface area contributed by atoms with Crippen molar-refractivity contribution in [1.82, 2.24) is 5.32 Å². The topological polar surface area (TPSA) is 88.5 Å². The quantitative estimate of drug-likeness (QED) is 0.652. The Hall–Kier alpha value is -1.33. The number of carbonyl (C=O) groups is 1. The van der Waals surface area contributed by atoms with Crippen molar-refractivity contribution in [1.29, 1.82) is 0 Å². The third kappa shape index (κ3) is 3.38. The molecular weight excluding hydrogens is 196 g/mol. The predicted octanol–water partition coefficient (Wildman–Crippen LogP) is 0.239. The number of carbonyl (C=O) groups excluding carboxylic acids is 1. The Morgan fingerprint density at radius 2 is 2.40 bits per heavy atom. The largest absolute Gasteiger partial charge is 0.455 e. The van der Waals surface area contributed by atoms with Crippen LogP contribution in [0.4, 0.5) is 0 Å². The Kier molecular flexibility index (Phi) is 4.33. The fraction of sp³-hybridized carbons (Fsp3) is 0.500. The molecule has 0 aliphatic rings. The molecule has 84 valence electrons. The number of hydrogen-bond donors (Lipinski definition) is 3. The van der Waals surface area contributed by atoms with Crippen molar-refractivity contribution in [2.45, 2.75) is 25.9 Å². The third-order valence-electron chi connectivity index (χ3n) is 2.03. The van der Waals surface area contributed by atoms with Gasteiger partial charge in [-0.05, 0) is 25.5 Å². The van der Waals surface area contributed by atoms with Crippen molar-refractivity contribution in [3.8, 4) is 0 Å². The highest BCUT2D eigenvalue weighted by Gasteiger charge is 2.12. The van der Waals surface area contributed by atoms with Gasteiger partial charge in [0.2, 0.25) is 0 Å². The summed E-state index contributed by atoms with van der Waals surface area (Å²) in [7, 11) is 0. The van der Waals surface area contributed by atoms with Crippen LogP contribution in [0, 0.1) is 0 Å². The molecule has 1 atom stereocenters. The van der Waals surface area contributed by atoms with Crippen molar-refractivity contribution in [2.75, 3.05) is 6.61 Å². The summed E-state index contributed by atoms with van der Waals surface area (Å²) in [6.45, 7) is 2.15. The van der Waals surface area contributed by atoms with Crippen molar-refractivity contribution in [3.05, 3.63) is 23.7 Å². The number of hydrogen-bond acceptors (Lipinski definition) is 4. The van der Waals surface area contributed by atoms with Gasteiger partial charge >= 0.3 is 0 Å². The molecule has 0 bridgehead atoms. The van der Waals surface area contributed by atoms with Crippen molar-refractivity contribution < 1.29 is 14.3 Å². The van der Waals surface area contributed by atoms with Gasteiger partial charge < -0.3 is 20.6 Å². The van der Waals surface area contributed by atoms with Crippen molar-refractivity contribution >= 4 is 5.91 Å². The molecule has 1 heterocycles. The van der Waals surface area contributed by atoms with E-state index < -0.39 is 0 Å². The first kappa shape index (κ1) is 11.7. The zero-order valence-electron chi connectivity index (χ0n) is 8.69. The highest BCUT2D eigenvalue weighted by Crippen LogP contribution is 2.07. The summed E-state index contributed by atoms with van der Waals surface area (Å²) >= 11 is 0. The van der Waals surface area contributed by atoms with Gasteiger partial charge in [-0.2, -0.15) is 0 Å². The second kappa shape index (κ2) is 5.53. The van der Waals surface area contributed by atoms with Crippen LogP contribution in [0.3, 0.4) is 0 Å². The van der Waals surface area contributed by atoms with Gasteiger partial charge in [0.1, 0.15) is 5.76 Å². The molecule has 1 unspecified atom stereocenters. The predicted molar refractivity (Wildman–Crippen MR) is 55.2 cm³/mol. The summed E-state index contributed by atoms with van der Waals surface area (Å²) in [5.74, 6) is 0.547. The molecule has 0 radical (unpaired) electrons. The molecule has 4 N–H and O–H groups in total. The Morgan fingerprint density at radius 1 is 1.67 bits per heavy atom. The minimum Gasteiger partial charge on any atom is -0.455 e. The van der Waals surface area contributed by atoms with E-state index in [0.717, 1.165) is 0 Å². The number of nitrogens with one attached hydrogen (secondary N) is 1. The monoisotopic (exact) mass is 212 g/mol. The second-order valence-corrected chi connectivity index (χ2v) is 3.36. The van der Waals surface area contributed by atoms with E-state index in [2.05, 4.69) is 5.32 Å². The first-order chi connectivity index (χ1) is 7.17. The molecule has 0 spiro atoms. The summed E-state index contributed by atoms with van der Waals surface area (Å²) in [6, 6.07) is 3.18. The maximum Gasteiger partial charge on any atom is 0.287 e. The number of aliphatic hydroxyl groups is 1. The molecular formula is C10H16N2O3. The van der Waals surface area contributed by atoms with Crippen LogP contribution in [-0.4, -0.2) is 23.7 Å². The number of aliphatic hydroxyl groups excluding tert-OH is 1. The van der Waals surface area contributed by atoms with Crippen LogP contribution < -0.4 is 11.1 Å². The van der Waals surface area contributed by atoms with Crippen LogP contribution in [0.15, 0.2) is 16.5 Å². The first-order valence-electron chi connectivity index (χ1n) is 4.88. The lowest BCUT2D eigenvalue weighted by atomic mass is 10.2. The standard InChI is InChI=1S/C10H16N2O3/c1-7(4-5-13)12-10(14)9-3-2-8(6-11)15-9/h2-3,7,13H,4-6,11H2,1H3,(H,12,14). The number of rotatable bonds is 5. The van der Waals surface area contributed by atoms with Gasteiger partial charge in [0.15, 0.2) is 5.76 Å². The molecule has 0 aliphatic heterocycles. The zero-order chi connectivity index (χ0) is 11.3. The van der Waals surface area contributed by atoms with Crippen LogP contribution in [0.2, 0.25) is 0 Å². The lowest BCUT2D eigenvalue weighted by Gasteiger charge is -2.10. The summed E-state index contributed by atoms with van der Waals surface area (Å²) in [6.07, 6.45) is 0.524. The van der Waals surface area contributed by atoms with Crippen LogP contribution in [0.5, 0.6) is 0 Å². The minimum atomic E-state index is -0.282. The molecule has 1 aromatic heterocycles. The SMILES string of the molecule is CC(CCO)NC(=O)c1ccc(CN)o1. The molecule has 5 nitrogen and oxygen atoms in total. The number of furan rings is 1. The van der Waals surface area contributed by atoms with Crippen molar-refractivity contribution in [3.63, 3.8) is 0 Å². The van der Waals surface area contributed by atoms with E-state index in [1.807, 2.05) is 6.92 Å². The Bertz CT molecular complexity index is 322. The van der Waals surface area contributed by atoms with E-state index in [0.29, 0.717) is 12.2 Å². The highest BCUT2D eigenvalue weighted by molar-refractivity contribution is 5.91. The maximum atomic E-state index is 11.5. The highest BCUT2D eigenvalue weighted by atomic mass is 16.4. The molecule has 5 heteroatoms. The van der Waals surface area contributed by atoms with E-state index >= 15 is 0 Å². The summed E-state index contributed by atoms with van der Waals surface area (Å²) < 4.78 is 5.17. The normalized spacial score (nSPS) is 12.5. The van der Waals surface area contributed by atoms with E-state index in [1.54, 1.807) is 12.1 Å².